The lowest BCUT2D eigenvalue weighted by atomic mass is 10.1. The maximum Gasteiger partial charge on any atom is 0.303 e. The van der Waals surface area contributed by atoms with E-state index < -0.39 is 17.9 Å². The van der Waals surface area contributed by atoms with E-state index in [1.54, 1.807) is 12.1 Å². The zero-order valence-electron chi connectivity index (χ0n) is 22.9. The molecule has 3 aromatic rings. The summed E-state index contributed by atoms with van der Waals surface area (Å²) in [6.07, 6.45) is 4.95. The number of likely N-dealkylation sites (tertiary alicyclic amines) is 1. The number of nitrogens with zero attached hydrogens (tertiary/aromatic N) is 5. The first-order valence-corrected chi connectivity index (χ1v) is 14.2. The number of carbonyl (C=O) groups excluding carboxylic acids is 2. The Bertz CT molecular complexity index is 1490. The molecule has 0 aliphatic carbocycles. The lowest BCUT2D eigenvalue weighted by Gasteiger charge is -2.24. The molecule has 11 heteroatoms. The molecule has 214 valence electrons. The van der Waals surface area contributed by atoms with Crippen molar-refractivity contribution < 1.29 is 24.2 Å². The van der Waals surface area contributed by atoms with Crippen molar-refractivity contribution in [2.45, 2.75) is 57.3 Å². The first kappa shape index (κ1) is 26.9. The molecule has 0 bridgehead atoms. The fourth-order valence-corrected chi connectivity index (χ4v) is 6.09. The highest BCUT2D eigenvalue weighted by atomic mass is 16.5. The summed E-state index contributed by atoms with van der Waals surface area (Å²) in [6, 6.07) is 10.7. The number of aromatic nitrogens is 2. The fraction of sp³-hybridized carbons (Fsp3) is 0.433. The quantitative estimate of drug-likeness (QED) is 0.384. The summed E-state index contributed by atoms with van der Waals surface area (Å²) >= 11 is 0. The molecule has 2 aromatic carbocycles. The number of carbonyl (C=O) groups is 3. The Balaban J connectivity index is 1.06. The van der Waals surface area contributed by atoms with E-state index in [0.717, 1.165) is 61.6 Å². The van der Waals surface area contributed by atoms with E-state index in [0.29, 0.717) is 11.3 Å². The number of anilines is 1. The van der Waals surface area contributed by atoms with Crippen LogP contribution < -0.4 is 15.4 Å². The second-order valence-corrected chi connectivity index (χ2v) is 11.1. The fourth-order valence-electron chi connectivity index (χ4n) is 6.09. The zero-order valence-corrected chi connectivity index (χ0v) is 22.9. The van der Waals surface area contributed by atoms with E-state index >= 15 is 0 Å². The topological polar surface area (TPSA) is 142 Å². The van der Waals surface area contributed by atoms with Crippen molar-refractivity contribution in [1.29, 1.82) is 0 Å². The molecule has 0 radical (unpaired) electrons. The molecule has 4 heterocycles. The Kier molecular flexibility index (Phi) is 7.44. The molecule has 2 atom stereocenters. The minimum Gasteiger partial charge on any atom is -0.489 e. The van der Waals surface area contributed by atoms with Gasteiger partial charge < -0.3 is 25.4 Å². The predicted molar refractivity (Wildman–Crippen MR) is 151 cm³/mol. The molecule has 0 spiro atoms. The number of rotatable bonds is 10. The van der Waals surface area contributed by atoms with Gasteiger partial charge in [0.2, 0.25) is 11.9 Å². The third-order valence-corrected chi connectivity index (χ3v) is 8.20. The summed E-state index contributed by atoms with van der Waals surface area (Å²) in [7, 11) is 0. The van der Waals surface area contributed by atoms with E-state index in [-0.39, 0.29) is 31.4 Å². The molecule has 2 fully saturated rings. The predicted octanol–water partition coefficient (Wildman–Crippen LogP) is 2.56. The van der Waals surface area contributed by atoms with Crippen molar-refractivity contribution >= 4 is 34.6 Å². The molecule has 11 nitrogen and oxygen atoms in total. The van der Waals surface area contributed by atoms with E-state index in [9.17, 15) is 14.4 Å². The average molecular weight is 559 g/mol. The average Bonchev–Trinajstić information content (AvgIpc) is 3.70. The van der Waals surface area contributed by atoms with Crippen LogP contribution in [0.1, 0.15) is 53.6 Å². The van der Waals surface area contributed by atoms with Gasteiger partial charge >= 0.3 is 5.97 Å². The largest absolute Gasteiger partial charge is 0.489 e. The molecule has 3 N–H and O–H groups in total. The van der Waals surface area contributed by atoms with E-state index in [1.165, 1.54) is 23.3 Å². The Morgan fingerprint density at radius 2 is 1.95 bits per heavy atom. The first-order chi connectivity index (χ1) is 19.8. The Morgan fingerprint density at radius 3 is 2.73 bits per heavy atom. The maximum absolute atomic E-state index is 12.9. The highest BCUT2D eigenvalue weighted by Gasteiger charge is 2.36. The molecule has 41 heavy (non-hydrogen) atoms. The minimum atomic E-state index is -1.04. The van der Waals surface area contributed by atoms with Crippen LogP contribution in [0, 0.1) is 0 Å². The van der Waals surface area contributed by atoms with E-state index in [2.05, 4.69) is 33.0 Å². The van der Waals surface area contributed by atoms with Gasteiger partial charge in [-0.2, -0.15) is 0 Å². The van der Waals surface area contributed by atoms with Crippen molar-refractivity contribution in [3.05, 3.63) is 59.3 Å². The molecule has 3 aliphatic heterocycles. The van der Waals surface area contributed by atoms with Gasteiger partial charge in [0, 0.05) is 62.8 Å². The zero-order chi connectivity index (χ0) is 28.5. The SMILES string of the molecule is NC(=O)C(CCC(=O)O)N1Cc2cc(OC3CCN(Cc4ccc5nc(N6CCCC6)ncc5c4)C3)ccc2C1=O. The number of nitrogens with two attached hydrogens (primary N) is 1. The van der Waals surface area contributed by atoms with Gasteiger partial charge in [0.1, 0.15) is 17.9 Å². The number of ether oxygens (including phenoxy) is 1. The number of fused-ring (bicyclic) bond motifs is 2. The molecule has 2 saturated heterocycles. The van der Waals surface area contributed by atoms with Crippen molar-refractivity contribution in [2.24, 2.45) is 5.73 Å². The molecule has 2 unspecified atom stereocenters. The van der Waals surface area contributed by atoms with Crippen LogP contribution in [0.25, 0.3) is 10.9 Å². The second-order valence-electron chi connectivity index (χ2n) is 11.1. The van der Waals surface area contributed by atoms with Crippen LogP contribution in [0.4, 0.5) is 5.95 Å². The van der Waals surface area contributed by atoms with E-state index in [4.69, 9.17) is 20.6 Å². The van der Waals surface area contributed by atoms with Crippen LogP contribution in [0.3, 0.4) is 0 Å². The van der Waals surface area contributed by atoms with Crippen molar-refractivity contribution in [1.82, 2.24) is 19.8 Å². The summed E-state index contributed by atoms with van der Waals surface area (Å²) in [5.41, 5.74) is 8.90. The summed E-state index contributed by atoms with van der Waals surface area (Å²) in [5.74, 6) is -0.579. The Labute approximate surface area is 237 Å². The summed E-state index contributed by atoms with van der Waals surface area (Å²) in [5, 5.41) is 10.0. The van der Waals surface area contributed by atoms with Gasteiger partial charge in [0.15, 0.2) is 0 Å². The van der Waals surface area contributed by atoms with Crippen LogP contribution >= 0.6 is 0 Å². The molecular weight excluding hydrogens is 524 g/mol. The van der Waals surface area contributed by atoms with Gasteiger partial charge in [-0.15, -0.1) is 0 Å². The number of benzene rings is 2. The first-order valence-electron chi connectivity index (χ1n) is 14.2. The van der Waals surface area contributed by atoms with Gasteiger partial charge in [-0.3, -0.25) is 19.3 Å². The van der Waals surface area contributed by atoms with Gasteiger partial charge in [-0.05, 0) is 67.1 Å². The van der Waals surface area contributed by atoms with Gasteiger partial charge in [-0.1, -0.05) is 6.07 Å². The summed E-state index contributed by atoms with van der Waals surface area (Å²) in [6.45, 7) is 4.74. The number of hydrogen-bond donors (Lipinski definition) is 2. The standard InChI is InChI=1S/C30H34N6O5/c31-28(39)26(7-8-27(37)38)36-17-21-14-22(4-5-24(21)29(36)40)41-23-9-12-34(18-23)16-19-3-6-25-20(13-19)15-32-30(33-25)35-10-1-2-11-35/h3-6,13-15,23,26H,1-2,7-12,16-18H2,(H2,31,39)(H,37,38). The molecule has 0 saturated carbocycles. The lowest BCUT2D eigenvalue weighted by molar-refractivity contribution is -0.137. The van der Waals surface area contributed by atoms with Crippen LogP contribution in [-0.4, -0.2) is 81.0 Å². The van der Waals surface area contributed by atoms with Crippen molar-refractivity contribution in [3.63, 3.8) is 0 Å². The second kappa shape index (κ2) is 11.3. The number of primary amides is 1. The van der Waals surface area contributed by atoms with Gasteiger partial charge in [0.05, 0.1) is 5.52 Å². The smallest absolute Gasteiger partial charge is 0.303 e. The minimum absolute atomic E-state index is 0.0157. The monoisotopic (exact) mass is 558 g/mol. The normalized spacial score (nSPS) is 19.6. The highest BCUT2D eigenvalue weighted by molar-refractivity contribution is 6.01. The Hall–Kier alpha value is -4.25. The van der Waals surface area contributed by atoms with Gasteiger partial charge in [0.25, 0.3) is 5.91 Å². The number of carboxylic acid groups (broad SMARTS) is 1. The molecule has 3 aliphatic rings. The lowest BCUT2D eigenvalue weighted by Crippen LogP contribution is -2.45. The molecule has 6 rings (SSSR count). The van der Waals surface area contributed by atoms with Gasteiger partial charge in [-0.25, -0.2) is 9.97 Å². The molecular formula is C30H34N6O5. The van der Waals surface area contributed by atoms with Crippen molar-refractivity contribution in [3.8, 4) is 5.75 Å². The maximum atomic E-state index is 12.9. The third kappa shape index (κ3) is 5.81. The number of carboxylic acids is 1. The van der Waals surface area contributed by atoms with Crippen LogP contribution in [0.15, 0.2) is 42.6 Å². The third-order valence-electron chi connectivity index (χ3n) is 8.20. The number of aliphatic carboxylic acids is 1. The van der Waals surface area contributed by atoms with E-state index in [1.807, 2.05) is 12.3 Å². The van der Waals surface area contributed by atoms with Crippen molar-refractivity contribution in [2.75, 3.05) is 31.1 Å². The summed E-state index contributed by atoms with van der Waals surface area (Å²) in [4.78, 5) is 51.2. The highest BCUT2D eigenvalue weighted by Crippen LogP contribution is 2.31. The number of amides is 2. The van der Waals surface area contributed by atoms with Crippen LogP contribution in [-0.2, 0) is 22.7 Å². The Morgan fingerprint density at radius 1 is 1.12 bits per heavy atom. The number of hydrogen-bond acceptors (Lipinski definition) is 8. The molecule has 2 amide bonds. The molecule has 1 aromatic heterocycles. The summed E-state index contributed by atoms with van der Waals surface area (Å²) < 4.78 is 6.29. The van der Waals surface area contributed by atoms with Crippen LogP contribution in [0.5, 0.6) is 5.75 Å². The van der Waals surface area contributed by atoms with Crippen LogP contribution in [0.2, 0.25) is 0 Å².